The molecule has 0 spiro atoms. The quantitative estimate of drug-likeness (QED) is 0.635. The fraction of sp³-hybridized carbons (Fsp3) is 0.278. The van der Waals surface area contributed by atoms with E-state index in [9.17, 15) is 8.42 Å². The molecule has 9 heteroatoms. The van der Waals surface area contributed by atoms with Crippen LogP contribution in [0.3, 0.4) is 0 Å². The summed E-state index contributed by atoms with van der Waals surface area (Å²) in [6.07, 6.45) is 0. The maximum absolute atomic E-state index is 12.8. The molecule has 0 amide bonds. The molecule has 27 heavy (non-hydrogen) atoms. The van der Waals surface area contributed by atoms with Crippen molar-refractivity contribution in [2.75, 3.05) is 26.3 Å². The second-order valence-electron chi connectivity index (χ2n) is 6.16. The zero-order valence-electron chi connectivity index (χ0n) is 14.4. The summed E-state index contributed by atoms with van der Waals surface area (Å²) in [6.45, 7) is 1.65. The van der Waals surface area contributed by atoms with Crippen molar-refractivity contribution in [2.45, 2.75) is 15.8 Å². The van der Waals surface area contributed by atoms with E-state index >= 15 is 0 Å². The lowest BCUT2D eigenvalue weighted by molar-refractivity contribution is 0.0730. The average Bonchev–Trinajstić information content (AvgIpc) is 3.09. The van der Waals surface area contributed by atoms with Crippen LogP contribution in [0.2, 0.25) is 5.02 Å². The Morgan fingerprint density at radius 1 is 1.19 bits per heavy atom. The van der Waals surface area contributed by atoms with Gasteiger partial charge in [-0.15, -0.1) is 0 Å². The standard InChI is InChI=1S/C18H18ClN3O3S2/c19-14-4-5-16-17(11-14)21-18(20-16)26-12-13-2-1-3-15(10-13)27(23,24)22-6-8-25-9-7-22/h1-5,10-11H,6-9,12H2,(H,20,21). The van der Waals surface area contributed by atoms with Crippen molar-refractivity contribution in [3.8, 4) is 0 Å². The molecule has 0 unspecified atom stereocenters. The first-order chi connectivity index (χ1) is 13.0. The number of aromatic nitrogens is 2. The summed E-state index contributed by atoms with van der Waals surface area (Å²) < 4.78 is 32.3. The number of fused-ring (bicyclic) bond motifs is 1. The molecule has 0 aliphatic carbocycles. The molecule has 0 radical (unpaired) electrons. The highest BCUT2D eigenvalue weighted by Crippen LogP contribution is 2.26. The fourth-order valence-electron chi connectivity index (χ4n) is 2.91. The van der Waals surface area contributed by atoms with Gasteiger partial charge in [-0.2, -0.15) is 4.31 Å². The molecular weight excluding hydrogens is 406 g/mol. The molecule has 0 saturated carbocycles. The maximum atomic E-state index is 12.8. The average molecular weight is 424 g/mol. The summed E-state index contributed by atoms with van der Waals surface area (Å²) in [5.74, 6) is 0.611. The van der Waals surface area contributed by atoms with Crippen LogP contribution in [0, 0.1) is 0 Å². The zero-order valence-corrected chi connectivity index (χ0v) is 16.8. The van der Waals surface area contributed by atoms with Crippen molar-refractivity contribution >= 4 is 44.4 Å². The minimum Gasteiger partial charge on any atom is -0.379 e. The van der Waals surface area contributed by atoms with E-state index in [1.807, 2.05) is 18.2 Å². The second kappa shape index (κ2) is 7.81. The van der Waals surface area contributed by atoms with Gasteiger partial charge in [0.25, 0.3) is 0 Å². The third kappa shape index (κ3) is 4.14. The number of rotatable bonds is 5. The van der Waals surface area contributed by atoms with Gasteiger partial charge >= 0.3 is 0 Å². The highest BCUT2D eigenvalue weighted by Gasteiger charge is 2.26. The lowest BCUT2D eigenvalue weighted by atomic mass is 10.2. The molecule has 6 nitrogen and oxygen atoms in total. The van der Waals surface area contributed by atoms with Gasteiger partial charge in [-0.05, 0) is 35.9 Å². The number of hydrogen-bond acceptors (Lipinski definition) is 5. The Hall–Kier alpha value is -1.58. The lowest BCUT2D eigenvalue weighted by Gasteiger charge is -2.26. The summed E-state index contributed by atoms with van der Waals surface area (Å²) in [4.78, 5) is 8.07. The number of aromatic amines is 1. The SMILES string of the molecule is O=S(=O)(c1cccc(CSc2nc3ccc(Cl)cc3[nH]2)c1)N1CCOCC1. The van der Waals surface area contributed by atoms with Gasteiger partial charge in [0.05, 0.1) is 29.1 Å². The van der Waals surface area contributed by atoms with Crippen molar-refractivity contribution in [3.05, 3.63) is 53.1 Å². The Kier molecular flexibility index (Phi) is 5.43. The third-order valence-corrected chi connectivity index (χ3v) is 7.38. The number of sulfonamides is 1. The molecule has 0 atom stereocenters. The highest BCUT2D eigenvalue weighted by atomic mass is 35.5. The number of nitrogens with zero attached hydrogens (tertiary/aromatic N) is 2. The first-order valence-electron chi connectivity index (χ1n) is 8.47. The third-order valence-electron chi connectivity index (χ3n) is 4.30. The van der Waals surface area contributed by atoms with Crippen LogP contribution in [0.15, 0.2) is 52.5 Å². The van der Waals surface area contributed by atoms with E-state index in [0.29, 0.717) is 42.0 Å². The van der Waals surface area contributed by atoms with Gasteiger partial charge in [0.1, 0.15) is 0 Å². The first-order valence-corrected chi connectivity index (χ1v) is 11.3. The van der Waals surface area contributed by atoms with Gasteiger partial charge in [0.2, 0.25) is 10.0 Å². The van der Waals surface area contributed by atoms with E-state index in [4.69, 9.17) is 16.3 Å². The predicted molar refractivity (Wildman–Crippen MR) is 107 cm³/mol. The van der Waals surface area contributed by atoms with Crippen molar-refractivity contribution in [1.82, 2.24) is 14.3 Å². The van der Waals surface area contributed by atoms with Gasteiger partial charge in [0.15, 0.2) is 5.16 Å². The van der Waals surface area contributed by atoms with Gasteiger partial charge in [0, 0.05) is 23.9 Å². The molecule has 3 aromatic rings. The number of imidazole rings is 1. The molecule has 142 valence electrons. The van der Waals surface area contributed by atoms with Gasteiger partial charge in [-0.25, -0.2) is 13.4 Å². The van der Waals surface area contributed by atoms with E-state index in [-0.39, 0.29) is 0 Å². The molecule has 1 saturated heterocycles. The van der Waals surface area contributed by atoms with Crippen LogP contribution in [-0.4, -0.2) is 49.0 Å². The molecular formula is C18H18ClN3O3S2. The fourth-order valence-corrected chi connectivity index (χ4v) is 5.39. The van der Waals surface area contributed by atoms with Crippen LogP contribution in [0.1, 0.15) is 5.56 Å². The smallest absolute Gasteiger partial charge is 0.243 e. The number of benzene rings is 2. The monoisotopic (exact) mass is 423 g/mol. The number of H-pyrrole nitrogens is 1. The van der Waals surface area contributed by atoms with Gasteiger partial charge in [-0.1, -0.05) is 35.5 Å². The van der Waals surface area contributed by atoms with Gasteiger partial charge in [-0.3, -0.25) is 0 Å². The molecule has 0 bridgehead atoms. The van der Waals surface area contributed by atoms with Gasteiger partial charge < -0.3 is 9.72 Å². The van der Waals surface area contributed by atoms with Crippen molar-refractivity contribution in [2.24, 2.45) is 0 Å². The number of nitrogens with one attached hydrogen (secondary N) is 1. The molecule has 1 aliphatic rings. The van der Waals surface area contributed by atoms with E-state index in [0.717, 1.165) is 21.8 Å². The second-order valence-corrected chi connectivity index (χ2v) is 9.49. The molecule has 2 aromatic carbocycles. The molecule has 1 aliphatic heterocycles. The Bertz CT molecular complexity index is 1060. The van der Waals surface area contributed by atoms with Crippen molar-refractivity contribution in [3.63, 3.8) is 0 Å². The Morgan fingerprint density at radius 3 is 2.81 bits per heavy atom. The Balaban J connectivity index is 1.50. The van der Waals surface area contributed by atoms with Crippen molar-refractivity contribution < 1.29 is 13.2 Å². The largest absolute Gasteiger partial charge is 0.379 e. The summed E-state index contributed by atoms with van der Waals surface area (Å²) in [7, 11) is -3.49. The van der Waals surface area contributed by atoms with Crippen LogP contribution < -0.4 is 0 Å². The number of thioether (sulfide) groups is 1. The van der Waals surface area contributed by atoms with E-state index in [1.54, 1.807) is 24.3 Å². The number of halogens is 1. The van der Waals surface area contributed by atoms with Crippen LogP contribution >= 0.6 is 23.4 Å². The molecule has 1 aromatic heterocycles. The first kappa shape index (κ1) is 18.8. The van der Waals surface area contributed by atoms with Crippen LogP contribution in [0.5, 0.6) is 0 Å². The van der Waals surface area contributed by atoms with Crippen molar-refractivity contribution in [1.29, 1.82) is 0 Å². The number of hydrogen-bond donors (Lipinski definition) is 1. The minimum absolute atomic E-state index is 0.318. The minimum atomic E-state index is -3.49. The van der Waals surface area contributed by atoms with E-state index in [1.165, 1.54) is 16.1 Å². The molecule has 1 fully saturated rings. The highest BCUT2D eigenvalue weighted by molar-refractivity contribution is 7.98. The number of ether oxygens (including phenoxy) is 1. The molecule has 1 N–H and O–H groups in total. The number of morpholine rings is 1. The lowest BCUT2D eigenvalue weighted by Crippen LogP contribution is -2.40. The zero-order chi connectivity index (χ0) is 18.9. The van der Waals surface area contributed by atoms with Crippen LogP contribution in [0.4, 0.5) is 0 Å². The Morgan fingerprint density at radius 2 is 2.00 bits per heavy atom. The summed E-state index contributed by atoms with van der Waals surface area (Å²) in [6, 6.07) is 12.6. The summed E-state index contributed by atoms with van der Waals surface area (Å²) in [5, 5.41) is 1.43. The molecule has 4 rings (SSSR count). The maximum Gasteiger partial charge on any atom is 0.243 e. The van der Waals surface area contributed by atoms with E-state index < -0.39 is 10.0 Å². The van der Waals surface area contributed by atoms with Crippen LogP contribution in [-0.2, 0) is 20.5 Å². The van der Waals surface area contributed by atoms with Crippen LogP contribution in [0.25, 0.3) is 11.0 Å². The Labute approximate surface area is 166 Å². The predicted octanol–water partition coefficient (Wildman–Crippen LogP) is 3.53. The molecule has 2 heterocycles. The topological polar surface area (TPSA) is 75.3 Å². The van der Waals surface area contributed by atoms with E-state index in [2.05, 4.69) is 9.97 Å². The summed E-state index contributed by atoms with van der Waals surface area (Å²) >= 11 is 7.52. The normalized spacial score (nSPS) is 16.0. The summed E-state index contributed by atoms with van der Waals surface area (Å²) in [5.41, 5.74) is 2.66.